The largest absolute Gasteiger partial charge is 0.487 e. The molecule has 0 unspecified atom stereocenters. The zero-order valence-corrected chi connectivity index (χ0v) is 20.6. The Balaban J connectivity index is 1.36. The highest BCUT2D eigenvalue weighted by Gasteiger charge is 2.36. The molecule has 2 aliphatic rings. The van der Waals surface area contributed by atoms with E-state index in [9.17, 15) is 4.79 Å². The number of ether oxygens (including phenoxy) is 1. The Morgan fingerprint density at radius 2 is 1.86 bits per heavy atom. The first-order chi connectivity index (χ1) is 16.9. The minimum Gasteiger partial charge on any atom is -0.487 e. The third-order valence-corrected chi connectivity index (χ3v) is 6.83. The second kappa shape index (κ2) is 9.38. The molecule has 0 spiro atoms. The highest BCUT2D eigenvalue weighted by Crippen LogP contribution is 2.29. The van der Waals surface area contributed by atoms with Crippen LogP contribution in [0.3, 0.4) is 0 Å². The fraction of sp³-hybridized carbons (Fsp3) is 0.185. The summed E-state index contributed by atoms with van der Waals surface area (Å²) >= 11 is 1.25. The average Bonchev–Trinajstić information content (AvgIpc) is 3.37. The number of hydrogen-bond acceptors (Lipinski definition) is 5. The molecule has 0 fully saturated rings. The molecule has 1 N–H and O–H groups in total. The molecule has 0 bridgehead atoms. The van der Waals surface area contributed by atoms with Gasteiger partial charge >= 0.3 is 0 Å². The van der Waals surface area contributed by atoms with Gasteiger partial charge in [-0.3, -0.25) is 10.2 Å². The van der Waals surface area contributed by atoms with Gasteiger partial charge in [-0.05, 0) is 73.5 Å². The molecule has 2 aliphatic heterocycles. The second-order valence-corrected chi connectivity index (χ2v) is 9.56. The first-order valence-electron chi connectivity index (χ1n) is 11.3. The number of rotatable bonds is 6. The Kier molecular flexibility index (Phi) is 6.13. The third-order valence-electron chi connectivity index (χ3n) is 5.94. The summed E-state index contributed by atoms with van der Waals surface area (Å²) < 4.78 is 8.04. The van der Waals surface area contributed by atoms with Crippen LogP contribution in [0.15, 0.2) is 76.3 Å². The normalized spacial score (nSPS) is 16.4. The molecule has 35 heavy (non-hydrogen) atoms. The number of aliphatic imine (C=N–C) groups is 1. The van der Waals surface area contributed by atoms with Crippen LogP contribution in [0.4, 0.5) is 0 Å². The number of amides is 1. The number of carbonyl (C=O) groups is 1. The highest BCUT2D eigenvalue weighted by atomic mass is 32.2. The smallest absolute Gasteiger partial charge is 0.283 e. The zero-order valence-electron chi connectivity index (χ0n) is 19.8. The van der Waals surface area contributed by atoms with Crippen molar-refractivity contribution in [1.82, 2.24) is 9.58 Å². The predicted molar refractivity (Wildman–Crippen MR) is 141 cm³/mol. The Labute approximate surface area is 208 Å². The Morgan fingerprint density at radius 1 is 1.06 bits per heavy atom. The maximum atomic E-state index is 12.8. The number of nitrogens with one attached hydrogen (secondary N) is 1. The van der Waals surface area contributed by atoms with Gasteiger partial charge in [-0.15, -0.1) is 0 Å². The molecule has 3 aromatic rings. The van der Waals surface area contributed by atoms with Gasteiger partial charge in [0.2, 0.25) is 5.17 Å². The van der Waals surface area contributed by atoms with Gasteiger partial charge in [-0.2, -0.15) is 15.1 Å². The minimum atomic E-state index is -0.433. The molecule has 0 atom stereocenters. The fourth-order valence-electron chi connectivity index (χ4n) is 4.08. The molecule has 176 valence electrons. The second-order valence-electron chi connectivity index (χ2n) is 8.52. The van der Waals surface area contributed by atoms with Gasteiger partial charge in [0.25, 0.3) is 5.91 Å². The Hall–Kier alpha value is -3.91. The van der Waals surface area contributed by atoms with Crippen LogP contribution in [-0.2, 0) is 11.3 Å². The van der Waals surface area contributed by atoms with Gasteiger partial charge in [0.05, 0.1) is 5.57 Å². The van der Waals surface area contributed by atoms with Crippen molar-refractivity contribution in [3.8, 4) is 5.75 Å². The quantitative estimate of drug-likeness (QED) is 0.491. The molecule has 1 aromatic heterocycles. The van der Waals surface area contributed by atoms with E-state index >= 15 is 0 Å². The first kappa shape index (κ1) is 22.9. The summed E-state index contributed by atoms with van der Waals surface area (Å²) in [6.07, 6.45) is 1.75. The molecule has 0 radical (unpaired) electrons. The van der Waals surface area contributed by atoms with Crippen LogP contribution < -0.4 is 4.74 Å². The number of benzene rings is 2. The number of carbonyl (C=O) groups excluding carboxylic acids is 1. The Bertz CT molecular complexity index is 1420. The summed E-state index contributed by atoms with van der Waals surface area (Å²) in [5, 5.41) is 15.6. The summed E-state index contributed by atoms with van der Waals surface area (Å²) in [6.45, 7) is 7.06. The van der Waals surface area contributed by atoms with Gasteiger partial charge in [-0.25, -0.2) is 0 Å². The lowest BCUT2D eigenvalue weighted by Gasteiger charge is -2.20. The fourth-order valence-corrected chi connectivity index (χ4v) is 4.88. The number of thioether (sulfide) groups is 1. The van der Waals surface area contributed by atoms with E-state index in [2.05, 4.69) is 26.8 Å². The number of aromatic nitrogens is 1. The van der Waals surface area contributed by atoms with Crippen molar-refractivity contribution in [3.05, 3.63) is 94.3 Å². The van der Waals surface area contributed by atoms with Crippen molar-refractivity contribution in [2.45, 2.75) is 27.3 Å². The summed E-state index contributed by atoms with van der Waals surface area (Å²) in [5.74, 6) is 0.335. The van der Waals surface area contributed by atoms with E-state index < -0.39 is 5.91 Å². The molecular weight excluding hydrogens is 458 g/mol. The van der Waals surface area contributed by atoms with Crippen molar-refractivity contribution in [3.63, 3.8) is 0 Å². The number of amidine groups is 2. The third kappa shape index (κ3) is 4.70. The summed E-state index contributed by atoms with van der Waals surface area (Å²) in [6, 6.07) is 20.1. The van der Waals surface area contributed by atoms with Crippen LogP contribution in [0.2, 0.25) is 0 Å². The first-order valence-corrected chi connectivity index (χ1v) is 12.1. The monoisotopic (exact) mass is 483 g/mol. The van der Waals surface area contributed by atoms with Gasteiger partial charge in [0.1, 0.15) is 17.4 Å². The van der Waals surface area contributed by atoms with Gasteiger partial charge < -0.3 is 9.30 Å². The lowest BCUT2D eigenvalue weighted by Crippen LogP contribution is -2.35. The molecule has 0 aliphatic carbocycles. The number of hydrazone groups is 1. The number of aryl methyl sites for hydroxylation is 2. The van der Waals surface area contributed by atoms with E-state index in [1.165, 1.54) is 22.3 Å². The summed E-state index contributed by atoms with van der Waals surface area (Å²) in [4.78, 5) is 17.0. The molecule has 3 heterocycles. The summed E-state index contributed by atoms with van der Waals surface area (Å²) in [5.41, 5.74) is 5.54. The van der Waals surface area contributed by atoms with Crippen LogP contribution in [0.25, 0.3) is 6.08 Å². The van der Waals surface area contributed by atoms with Crippen molar-refractivity contribution < 1.29 is 9.53 Å². The van der Waals surface area contributed by atoms with Crippen LogP contribution in [0, 0.1) is 26.2 Å². The lowest BCUT2D eigenvalue weighted by molar-refractivity contribution is -0.114. The van der Waals surface area contributed by atoms with Crippen LogP contribution in [0.5, 0.6) is 5.75 Å². The van der Waals surface area contributed by atoms with Gasteiger partial charge in [0.15, 0.2) is 5.84 Å². The molecule has 5 rings (SSSR count). The SMILES string of the molecule is Cc1cccc(OCC2=NN3C(=N)/C(=C/c4cc(C)n(Cc5ccccc5)c4C)C(=O)N=C3S2)c1. The lowest BCUT2D eigenvalue weighted by atomic mass is 10.1. The summed E-state index contributed by atoms with van der Waals surface area (Å²) in [7, 11) is 0. The standard InChI is InChI=1S/C27H25N5O2S/c1-17-8-7-11-22(12-17)34-16-24-30-32-25(28)23(26(33)29-27(32)35-24)14-21-13-18(2)31(19(21)3)15-20-9-5-4-6-10-20/h4-14,28H,15-16H2,1-3H3/b23-14-,28-25?. The Morgan fingerprint density at radius 3 is 2.63 bits per heavy atom. The van der Waals surface area contributed by atoms with E-state index in [-0.39, 0.29) is 18.0 Å². The highest BCUT2D eigenvalue weighted by molar-refractivity contribution is 8.27. The molecule has 7 nitrogen and oxygen atoms in total. The number of fused-ring (bicyclic) bond motifs is 1. The van der Waals surface area contributed by atoms with E-state index in [1.54, 1.807) is 6.08 Å². The maximum Gasteiger partial charge on any atom is 0.283 e. The predicted octanol–water partition coefficient (Wildman–Crippen LogP) is 5.16. The molecule has 8 heteroatoms. The topological polar surface area (TPSA) is 83.0 Å². The van der Waals surface area contributed by atoms with Crippen LogP contribution in [-0.4, -0.2) is 38.1 Å². The molecule has 1 amide bonds. The van der Waals surface area contributed by atoms with E-state index in [0.29, 0.717) is 10.2 Å². The van der Waals surface area contributed by atoms with Crippen LogP contribution >= 0.6 is 11.8 Å². The van der Waals surface area contributed by atoms with E-state index in [4.69, 9.17) is 10.1 Å². The van der Waals surface area contributed by atoms with Crippen molar-refractivity contribution in [1.29, 1.82) is 5.41 Å². The number of hydrogen-bond donors (Lipinski definition) is 1. The molecular formula is C27H25N5O2S. The van der Waals surface area contributed by atoms with Gasteiger partial charge in [-0.1, -0.05) is 42.5 Å². The number of nitrogens with zero attached hydrogens (tertiary/aromatic N) is 4. The van der Waals surface area contributed by atoms with Crippen molar-refractivity contribution in [2.75, 3.05) is 6.61 Å². The molecule has 0 saturated heterocycles. The molecule has 2 aromatic carbocycles. The van der Waals surface area contributed by atoms with Crippen LogP contribution in [0.1, 0.15) is 28.1 Å². The average molecular weight is 484 g/mol. The van der Waals surface area contributed by atoms with Crippen molar-refractivity contribution >= 4 is 39.8 Å². The zero-order chi connectivity index (χ0) is 24.5. The minimum absolute atomic E-state index is 0.0194. The maximum absolute atomic E-state index is 12.8. The van der Waals surface area contributed by atoms with E-state index in [0.717, 1.165) is 34.8 Å². The molecule has 0 saturated carbocycles. The van der Waals surface area contributed by atoms with Gasteiger partial charge in [0, 0.05) is 17.9 Å². The van der Waals surface area contributed by atoms with Crippen molar-refractivity contribution in [2.24, 2.45) is 10.1 Å². The van der Waals surface area contributed by atoms with E-state index in [1.807, 2.05) is 69.3 Å².